The van der Waals surface area contributed by atoms with Crippen molar-refractivity contribution in [2.75, 3.05) is 38.2 Å². The van der Waals surface area contributed by atoms with Crippen molar-refractivity contribution in [1.29, 1.82) is 0 Å². The lowest BCUT2D eigenvalue weighted by Crippen LogP contribution is -2.41. The summed E-state index contributed by atoms with van der Waals surface area (Å²) in [6, 6.07) is 7.04. The summed E-state index contributed by atoms with van der Waals surface area (Å²) in [4.78, 5) is 54.1. The molecule has 0 spiro atoms. The predicted molar refractivity (Wildman–Crippen MR) is 114 cm³/mol. The number of imide groups is 1. The van der Waals surface area contributed by atoms with Gasteiger partial charge in [-0.05, 0) is 25.0 Å². The molecule has 3 heterocycles. The molecule has 1 saturated carbocycles. The highest BCUT2D eigenvalue weighted by molar-refractivity contribution is 6.13. The molecule has 3 fully saturated rings. The van der Waals surface area contributed by atoms with E-state index in [0.717, 1.165) is 17.7 Å². The van der Waals surface area contributed by atoms with Gasteiger partial charge in [0, 0.05) is 18.5 Å². The van der Waals surface area contributed by atoms with Crippen LogP contribution in [0.25, 0.3) is 11.0 Å². The molecule has 2 aromatic rings. The summed E-state index contributed by atoms with van der Waals surface area (Å²) < 4.78 is 11.1. The third kappa shape index (κ3) is 3.56. The number of carbonyl (C=O) groups excluding carboxylic acids is 4. The molecule has 4 amide bonds. The van der Waals surface area contributed by atoms with Gasteiger partial charge in [-0.1, -0.05) is 25.0 Å². The molecule has 0 unspecified atom stereocenters. The molecule has 2 atom stereocenters. The number of hydrogen-bond acceptors (Lipinski definition) is 6. The first-order valence-corrected chi connectivity index (χ1v) is 11.1. The summed E-state index contributed by atoms with van der Waals surface area (Å²) in [7, 11) is 0. The minimum atomic E-state index is -0.534. The van der Waals surface area contributed by atoms with Crippen molar-refractivity contribution in [3.63, 3.8) is 0 Å². The minimum absolute atomic E-state index is 0.0363. The van der Waals surface area contributed by atoms with E-state index in [1.165, 1.54) is 0 Å². The molecule has 2 saturated heterocycles. The Labute approximate surface area is 184 Å². The van der Waals surface area contributed by atoms with Gasteiger partial charge in [-0.15, -0.1) is 0 Å². The van der Waals surface area contributed by atoms with Gasteiger partial charge in [0.25, 0.3) is 5.91 Å². The summed E-state index contributed by atoms with van der Waals surface area (Å²) in [5.41, 5.74) is 0.734. The smallest absolute Gasteiger partial charge is 0.291 e. The van der Waals surface area contributed by atoms with Crippen LogP contribution in [0.1, 0.15) is 36.2 Å². The molecule has 3 aliphatic rings. The Bertz CT molecular complexity index is 1060. The molecule has 5 rings (SSSR count). The number of nitrogens with one attached hydrogen (secondary N) is 1. The van der Waals surface area contributed by atoms with Crippen LogP contribution in [-0.2, 0) is 19.1 Å². The maximum Gasteiger partial charge on any atom is 0.291 e. The number of rotatable bonds is 4. The molecule has 1 aromatic heterocycles. The Morgan fingerprint density at radius 1 is 1.00 bits per heavy atom. The molecule has 0 radical (unpaired) electrons. The van der Waals surface area contributed by atoms with E-state index < -0.39 is 5.91 Å². The van der Waals surface area contributed by atoms with Crippen molar-refractivity contribution in [2.45, 2.75) is 25.7 Å². The van der Waals surface area contributed by atoms with Gasteiger partial charge in [0.05, 0.1) is 25.0 Å². The maximum atomic E-state index is 13.1. The van der Waals surface area contributed by atoms with E-state index in [1.54, 1.807) is 29.2 Å². The number of ether oxygens (including phenoxy) is 1. The topological polar surface area (TPSA) is 109 Å². The first kappa shape index (κ1) is 20.7. The second-order valence-electron chi connectivity index (χ2n) is 8.52. The average Bonchev–Trinajstić information content (AvgIpc) is 3.30. The van der Waals surface area contributed by atoms with Crippen molar-refractivity contribution in [2.24, 2.45) is 11.8 Å². The predicted octanol–water partition coefficient (Wildman–Crippen LogP) is 2.02. The molecule has 2 aliphatic heterocycles. The van der Waals surface area contributed by atoms with Crippen LogP contribution in [0.5, 0.6) is 0 Å². The lowest BCUT2D eigenvalue weighted by molar-refractivity contribution is -0.142. The average molecular weight is 439 g/mol. The van der Waals surface area contributed by atoms with Crippen LogP contribution < -0.4 is 5.32 Å². The van der Waals surface area contributed by atoms with E-state index in [-0.39, 0.29) is 47.5 Å². The number of para-hydroxylation sites is 1. The summed E-state index contributed by atoms with van der Waals surface area (Å²) >= 11 is 0. The molecular weight excluding hydrogens is 414 g/mol. The Hall–Kier alpha value is -3.20. The van der Waals surface area contributed by atoms with Crippen LogP contribution in [-0.4, -0.2) is 66.3 Å². The zero-order valence-corrected chi connectivity index (χ0v) is 17.7. The number of hydrogen-bond donors (Lipinski definition) is 1. The fourth-order valence-electron chi connectivity index (χ4n) is 4.94. The number of fused-ring (bicyclic) bond motifs is 2. The van der Waals surface area contributed by atoms with Gasteiger partial charge < -0.3 is 19.4 Å². The molecule has 1 aromatic carbocycles. The van der Waals surface area contributed by atoms with Crippen molar-refractivity contribution in [3.8, 4) is 0 Å². The van der Waals surface area contributed by atoms with E-state index in [1.807, 2.05) is 0 Å². The van der Waals surface area contributed by atoms with Crippen LogP contribution >= 0.6 is 0 Å². The maximum absolute atomic E-state index is 13.1. The highest BCUT2D eigenvalue weighted by Crippen LogP contribution is 2.38. The molecule has 9 heteroatoms. The quantitative estimate of drug-likeness (QED) is 0.730. The number of furan rings is 1. The summed E-state index contributed by atoms with van der Waals surface area (Å²) in [6.45, 7) is 1.38. The Morgan fingerprint density at radius 3 is 2.34 bits per heavy atom. The van der Waals surface area contributed by atoms with Crippen molar-refractivity contribution < 1.29 is 28.3 Å². The zero-order chi connectivity index (χ0) is 22.2. The standard InChI is InChI=1S/C23H25N3O6/c27-18(13-26-21(28)14-5-1-2-6-15(14)22(26)29)24-19-16-7-3-4-8-17(16)32-20(19)23(30)25-9-11-31-12-10-25/h3-4,7-8,14-15H,1-2,5-6,9-13H2,(H,24,27)/t14-,15-/m1/s1. The van der Waals surface area contributed by atoms with Crippen LogP contribution in [0.15, 0.2) is 28.7 Å². The SMILES string of the molecule is O=C(CN1C(=O)[C@@H]2CCCC[C@H]2C1=O)Nc1c(C(=O)N2CCOCC2)oc2ccccc12. The molecule has 1 aliphatic carbocycles. The van der Waals surface area contributed by atoms with Gasteiger partial charge in [0.1, 0.15) is 17.8 Å². The molecular formula is C23H25N3O6. The molecule has 168 valence electrons. The van der Waals surface area contributed by atoms with E-state index in [0.29, 0.717) is 50.1 Å². The fraction of sp³-hybridized carbons (Fsp3) is 0.478. The normalized spacial score (nSPS) is 23.5. The number of benzene rings is 1. The van der Waals surface area contributed by atoms with Crippen molar-refractivity contribution in [1.82, 2.24) is 9.80 Å². The van der Waals surface area contributed by atoms with Crippen LogP contribution in [0.4, 0.5) is 5.69 Å². The number of morpholine rings is 1. The lowest BCUT2D eigenvalue weighted by Gasteiger charge is -2.26. The minimum Gasteiger partial charge on any atom is -0.449 e. The second kappa shape index (κ2) is 8.38. The largest absolute Gasteiger partial charge is 0.449 e. The van der Waals surface area contributed by atoms with E-state index in [9.17, 15) is 19.2 Å². The highest BCUT2D eigenvalue weighted by Gasteiger charge is 2.48. The van der Waals surface area contributed by atoms with Crippen LogP contribution in [0.3, 0.4) is 0 Å². The fourth-order valence-corrected chi connectivity index (χ4v) is 4.94. The number of anilines is 1. The van der Waals surface area contributed by atoms with Gasteiger partial charge in [-0.25, -0.2) is 0 Å². The van der Waals surface area contributed by atoms with Crippen molar-refractivity contribution in [3.05, 3.63) is 30.0 Å². The number of nitrogens with zero attached hydrogens (tertiary/aromatic N) is 2. The number of amides is 4. The molecule has 1 N–H and O–H groups in total. The second-order valence-corrected chi connectivity index (χ2v) is 8.52. The zero-order valence-electron chi connectivity index (χ0n) is 17.7. The summed E-state index contributed by atoms with van der Waals surface area (Å²) in [5, 5.41) is 3.33. The molecule has 32 heavy (non-hydrogen) atoms. The van der Waals surface area contributed by atoms with Gasteiger partial charge in [-0.3, -0.25) is 24.1 Å². The molecule has 0 bridgehead atoms. The third-order valence-electron chi connectivity index (χ3n) is 6.59. The first-order chi connectivity index (χ1) is 15.5. The van der Waals surface area contributed by atoms with Gasteiger partial charge >= 0.3 is 0 Å². The van der Waals surface area contributed by atoms with Gasteiger partial charge in [-0.2, -0.15) is 0 Å². The molecule has 9 nitrogen and oxygen atoms in total. The Morgan fingerprint density at radius 2 is 1.66 bits per heavy atom. The third-order valence-corrected chi connectivity index (χ3v) is 6.59. The van der Waals surface area contributed by atoms with Gasteiger partial charge in [0.15, 0.2) is 0 Å². The Balaban J connectivity index is 1.38. The number of carbonyl (C=O) groups is 4. The van der Waals surface area contributed by atoms with E-state index in [4.69, 9.17) is 9.15 Å². The first-order valence-electron chi connectivity index (χ1n) is 11.1. The van der Waals surface area contributed by atoms with E-state index in [2.05, 4.69) is 5.32 Å². The van der Waals surface area contributed by atoms with Crippen LogP contribution in [0.2, 0.25) is 0 Å². The van der Waals surface area contributed by atoms with E-state index >= 15 is 0 Å². The Kier molecular flexibility index (Phi) is 5.42. The summed E-state index contributed by atoms with van der Waals surface area (Å²) in [5.74, 6) is -1.98. The highest BCUT2D eigenvalue weighted by atomic mass is 16.5. The van der Waals surface area contributed by atoms with Crippen molar-refractivity contribution >= 4 is 40.3 Å². The lowest BCUT2D eigenvalue weighted by atomic mass is 9.81. The van der Waals surface area contributed by atoms with Gasteiger partial charge in [0.2, 0.25) is 23.5 Å². The summed E-state index contributed by atoms with van der Waals surface area (Å²) in [6.07, 6.45) is 3.23. The number of likely N-dealkylation sites (tertiary alicyclic amines) is 1. The van der Waals surface area contributed by atoms with Crippen LogP contribution in [0, 0.1) is 11.8 Å². The monoisotopic (exact) mass is 439 g/mol.